The first-order valence-electron chi connectivity index (χ1n) is 33.1. The van der Waals surface area contributed by atoms with Gasteiger partial charge in [-0.05, 0) is 77.0 Å². The van der Waals surface area contributed by atoms with Gasteiger partial charge in [-0.3, -0.25) is 14.4 Å². The molecule has 0 aliphatic rings. The molecule has 0 spiro atoms. The average molecular weight is 1050 g/mol. The largest absolute Gasteiger partial charge is 0.462 e. The fourth-order valence-electron chi connectivity index (χ4n) is 9.87. The molecular weight excluding hydrogens is 925 g/mol. The highest BCUT2D eigenvalue weighted by molar-refractivity contribution is 5.71. The highest BCUT2D eigenvalue weighted by Crippen LogP contribution is 2.18. The van der Waals surface area contributed by atoms with Crippen LogP contribution in [0.2, 0.25) is 0 Å². The summed E-state index contributed by atoms with van der Waals surface area (Å²) in [7, 11) is 0. The van der Waals surface area contributed by atoms with Gasteiger partial charge in [0.2, 0.25) is 0 Å². The van der Waals surface area contributed by atoms with Crippen LogP contribution in [-0.4, -0.2) is 37.2 Å². The van der Waals surface area contributed by atoms with Crippen LogP contribution in [0, 0.1) is 0 Å². The van der Waals surface area contributed by atoms with E-state index in [4.69, 9.17) is 14.2 Å². The molecule has 0 aromatic rings. The maximum Gasteiger partial charge on any atom is 0.306 e. The van der Waals surface area contributed by atoms with Gasteiger partial charge in [-0.2, -0.15) is 0 Å². The minimum atomic E-state index is -0.786. The fourth-order valence-corrected chi connectivity index (χ4v) is 9.87. The molecule has 0 aliphatic carbocycles. The average Bonchev–Trinajstić information content (AvgIpc) is 3.41. The summed E-state index contributed by atoms with van der Waals surface area (Å²) in [5.74, 6) is -0.896. The number of esters is 3. The first kappa shape index (κ1) is 72.4. The van der Waals surface area contributed by atoms with Gasteiger partial charge in [-0.1, -0.05) is 307 Å². The van der Waals surface area contributed by atoms with E-state index in [1.165, 1.54) is 231 Å². The Labute approximate surface area is 467 Å². The monoisotopic (exact) mass is 1050 g/mol. The van der Waals surface area contributed by atoms with Crippen LogP contribution in [0.3, 0.4) is 0 Å². The number of hydrogen-bond donors (Lipinski definition) is 0. The molecule has 0 saturated carbocycles. The lowest BCUT2D eigenvalue weighted by atomic mass is 10.0. The van der Waals surface area contributed by atoms with Gasteiger partial charge in [0.15, 0.2) is 6.10 Å². The summed E-state index contributed by atoms with van der Waals surface area (Å²) in [5.41, 5.74) is 0. The number of rotatable bonds is 61. The van der Waals surface area contributed by atoms with Crippen LogP contribution < -0.4 is 0 Å². The summed E-state index contributed by atoms with van der Waals surface area (Å²) >= 11 is 0. The second-order valence-corrected chi connectivity index (χ2v) is 22.4. The Balaban J connectivity index is 4.21. The number of carbonyl (C=O) groups is 3. The SMILES string of the molecule is CC/C=C\C/C=C\C/C=C\CCCCCC(=O)OCC(COC(=O)CCCCCCCCCCCCCCCCCCCCCCCCCCCCC)OC(=O)CCCCCCCCC/C=C\CCCCCCCC. The molecule has 0 saturated heterocycles. The van der Waals surface area contributed by atoms with Crippen molar-refractivity contribution < 1.29 is 28.6 Å². The third-order valence-corrected chi connectivity index (χ3v) is 14.8. The normalized spacial score (nSPS) is 12.3. The Bertz CT molecular complexity index is 1300. The summed E-state index contributed by atoms with van der Waals surface area (Å²) in [6.07, 6.45) is 80.0. The van der Waals surface area contributed by atoms with Crippen molar-refractivity contribution in [2.45, 2.75) is 361 Å². The zero-order chi connectivity index (χ0) is 54.3. The summed E-state index contributed by atoms with van der Waals surface area (Å²) < 4.78 is 16.9. The van der Waals surface area contributed by atoms with Gasteiger partial charge >= 0.3 is 17.9 Å². The predicted molar refractivity (Wildman–Crippen MR) is 325 cm³/mol. The smallest absolute Gasteiger partial charge is 0.306 e. The van der Waals surface area contributed by atoms with Crippen molar-refractivity contribution in [3.63, 3.8) is 0 Å². The van der Waals surface area contributed by atoms with Gasteiger partial charge in [0.1, 0.15) is 13.2 Å². The molecule has 0 amide bonds. The number of hydrogen-bond acceptors (Lipinski definition) is 6. The molecule has 438 valence electrons. The third kappa shape index (κ3) is 62.1. The quantitative estimate of drug-likeness (QED) is 0.0261. The van der Waals surface area contributed by atoms with E-state index in [0.29, 0.717) is 19.3 Å². The van der Waals surface area contributed by atoms with Crippen LogP contribution in [0.4, 0.5) is 0 Å². The lowest BCUT2D eigenvalue weighted by Crippen LogP contribution is -2.30. The molecule has 0 bridgehead atoms. The van der Waals surface area contributed by atoms with Gasteiger partial charge in [0.25, 0.3) is 0 Å². The highest BCUT2D eigenvalue weighted by atomic mass is 16.6. The van der Waals surface area contributed by atoms with Crippen molar-refractivity contribution in [3.05, 3.63) is 48.6 Å². The number of allylic oxidation sites excluding steroid dienone is 8. The van der Waals surface area contributed by atoms with Crippen molar-refractivity contribution in [1.82, 2.24) is 0 Å². The second kappa shape index (κ2) is 63.9. The molecule has 75 heavy (non-hydrogen) atoms. The first-order chi connectivity index (χ1) is 37.0. The third-order valence-electron chi connectivity index (χ3n) is 14.8. The molecule has 0 fully saturated rings. The first-order valence-corrected chi connectivity index (χ1v) is 33.1. The van der Waals surface area contributed by atoms with E-state index in [9.17, 15) is 14.4 Å². The zero-order valence-electron chi connectivity index (χ0n) is 50.3. The van der Waals surface area contributed by atoms with Crippen LogP contribution in [0.5, 0.6) is 0 Å². The maximum absolute atomic E-state index is 12.9. The summed E-state index contributed by atoms with van der Waals surface area (Å²) in [5, 5.41) is 0. The lowest BCUT2D eigenvalue weighted by molar-refractivity contribution is -0.167. The maximum atomic E-state index is 12.9. The Morgan fingerprint density at radius 3 is 0.840 bits per heavy atom. The molecule has 1 atom stereocenters. The second-order valence-electron chi connectivity index (χ2n) is 22.4. The van der Waals surface area contributed by atoms with Gasteiger partial charge in [-0.25, -0.2) is 0 Å². The Morgan fingerprint density at radius 2 is 0.520 bits per heavy atom. The van der Waals surface area contributed by atoms with Crippen LogP contribution >= 0.6 is 0 Å². The molecule has 0 aromatic carbocycles. The van der Waals surface area contributed by atoms with Crippen LogP contribution in [-0.2, 0) is 28.6 Å². The zero-order valence-corrected chi connectivity index (χ0v) is 50.3. The highest BCUT2D eigenvalue weighted by Gasteiger charge is 2.19. The van der Waals surface area contributed by atoms with E-state index in [-0.39, 0.29) is 31.1 Å². The number of carbonyl (C=O) groups excluding carboxylic acids is 3. The van der Waals surface area contributed by atoms with Crippen molar-refractivity contribution in [3.8, 4) is 0 Å². The minimum Gasteiger partial charge on any atom is -0.462 e. The number of ether oxygens (including phenoxy) is 3. The van der Waals surface area contributed by atoms with Gasteiger partial charge in [0, 0.05) is 19.3 Å². The molecule has 0 rings (SSSR count). The van der Waals surface area contributed by atoms with E-state index in [1.54, 1.807) is 0 Å². The van der Waals surface area contributed by atoms with Gasteiger partial charge < -0.3 is 14.2 Å². The number of unbranched alkanes of at least 4 members (excludes halogenated alkanes) is 42. The van der Waals surface area contributed by atoms with E-state index < -0.39 is 6.10 Å². The predicted octanol–water partition coefficient (Wildman–Crippen LogP) is 22.6. The van der Waals surface area contributed by atoms with Crippen LogP contribution in [0.15, 0.2) is 48.6 Å². The molecule has 0 heterocycles. The van der Waals surface area contributed by atoms with Crippen LogP contribution in [0.1, 0.15) is 355 Å². The summed E-state index contributed by atoms with van der Waals surface area (Å²) in [4.78, 5) is 38.3. The Hall–Kier alpha value is -2.63. The molecule has 0 radical (unpaired) electrons. The molecule has 6 heteroatoms. The van der Waals surface area contributed by atoms with Crippen molar-refractivity contribution in [2.75, 3.05) is 13.2 Å². The molecular formula is C69H126O6. The van der Waals surface area contributed by atoms with E-state index >= 15 is 0 Å². The van der Waals surface area contributed by atoms with E-state index in [0.717, 1.165) is 83.5 Å². The van der Waals surface area contributed by atoms with Crippen molar-refractivity contribution in [1.29, 1.82) is 0 Å². The Morgan fingerprint density at radius 1 is 0.280 bits per heavy atom. The van der Waals surface area contributed by atoms with Crippen molar-refractivity contribution in [2.24, 2.45) is 0 Å². The standard InChI is InChI=1S/C69H126O6/c1-4-7-10-13-16-19-22-25-27-29-30-31-32-33-34-35-36-37-38-40-41-44-47-50-53-56-59-62-68(71)74-65-66(64-73-67(70)61-58-55-52-49-46-43-24-21-18-15-12-9-6-3)75-69(72)63-60-57-54-51-48-45-42-39-28-26-23-20-17-14-11-8-5-2/h9,12,18,21,26,28,43,46,66H,4-8,10-11,13-17,19-20,22-25,27,29-42,44-45,47-65H2,1-3H3/b12-9-,21-18-,28-26-,46-43-. The fraction of sp³-hybridized carbons (Fsp3) is 0.841. The minimum absolute atomic E-state index is 0.0808. The van der Waals surface area contributed by atoms with Gasteiger partial charge in [0.05, 0.1) is 0 Å². The summed E-state index contributed by atoms with van der Waals surface area (Å²) in [6.45, 7) is 6.55. The molecule has 0 aliphatic heterocycles. The molecule has 1 unspecified atom stereocenters. The van der Waals surface area contributed by atoms with Crippen LogP contribution in [0.25, 0.3) is 0 Å². The van der Waals surface area contributed by atoms with E-state index in [1.807, 2.05) is 0 Å². The molecule has 0 aromatic heterocycles. The summed E-state index contributed by atoms with van der Waals surface area (Å²) in [6, 6.07) is 0. The topological polar surface area (TPSA) is 78.9 Å². The Kier molecular flexibility index (Phi) is 61.7. The van der Waals surface area contributed by atoms with E-state index in [2.05, 4.69) is 69.4 Å². The van der Waals surface area contributed by atoms with Gasteiger partial charge in [-0.15, -0.1) is 0 Å². The lowest BCUT2D eigenvalue weighted by Gasteiger charge is -2.18. The molecule has 0 N–H and O–H groups in total. The molecule has 6 nitrogen and oxygen atoms in total. The van der Waals surface area contributed by atoms with Crippen molar-refractivity contribution >= 4 is 17.9 Å².